The zero-order valence-electron chi connectivity index (χ0n) is 9.34. The zero-order valence-corrected chi connectivity index (χ0v) is 9.34. The Balaban J connectivity index is 2.12. The SMILES string of the molecule is CCC(C)CN(C)CC1CCCN1. The Morgan fingerprint density at radius 3 is 2.85 bits per heavy atom. The number of nitrogens with one attached hydrogen (secondary N) is 1. The van der Waals surface area contributed by atoms with Crippen LogP contribution >= 0.6 is 0 Å². The second kappa shape index (κ2) is 5.61. The van der Waals surface area contributed by atoms with Gasteiger partial charge in [-0.25, -0.2) is 0 Å². The number of rotatable bonds is 5. The Hall–Kier alpha value is -0.0800. The van der Waals surface area contributed by atoms with Gasteiger partial charge in [0.25, 0.3) is 0 Å². The maximum absolute atomic E-state index is 3.54. The highest BCUT2D eigenvalue weighted by Gasteiger charge is 2.16. The highest BCUT2D eigenvalue weighted by Crippen LogP contribution is 2.08. The van der Waals surface area contributed by atoms with Gasteiger partial charge in [-0.15, -0.1) is 0 Å². The first kappa shape index (κ1) is 11.0. The fraction of sp³-hybridized carbons (Fsp3) is 1.00. The molecular weight excluding hydrogens is 160 g/mol. The number of likely N-dealkylation sites (N-methyl/N-ethyl adjacent to an activating group) is 1. The van der Waals surface area contributed by atoms with E-state index < -0.39 is 0 Å². The zero-order chi connectivity index (χ0) is 9.68. The minimum absolute atomic E-state index is 0.758. The predicted octanol–water partition coefficient (Wildman–Crippen LogP) is 1.72. The van der Waals surface area contributed by atoms with E-state index in [4.69, 9.17) is 0 Å². The van der Waals surface area contributed by atoms with Gasteiger partial charge in [-0.2, -0.15) is 0 Å². The van der Waals surface area contributed by atoms with Crippen LogP contribution in [-0.4, -0.2) is 37.6 Å². The van der Waals surface area contributed by atoms with Gasteiger partial charge >= 0.3 is 0 Å². The summed E-state index contributed by atoms with van der Waals surface area (Å²) in [7, 11) is 2.24. The van der Waals surface area contributed by atoms with Gasteiger partial charge in [0.2, 0.25) is 0 Å². The van der Waals surface area contributed by atoms with Crippen molar-refractivity contribution in [3.8, 4) is 0 Å². The number of hydrogen-bond acceptors (Lipinski definition) is 2. The lowest BCUT2D eigenvalue weighted by Crippen LogP contribution is -2.37. The van der Waals surface area contributed by atoms with Crippen LogP contribution in [0.2, 0.25) is 0 Å². The Labute approximate surface area is 82.7 Å². The highest BCUT2D eigenvalue weighted by atomic mass is 15.1. The molecule has 0 bridgehead atoms. The molecule has 0 aromatic heterocycles. The van der Waals surface area contributed by atoms with Crippen LogP contribution in [0.1, 0.15) is 33.1 Å². The van der Waals surface area contributed by atoms with Crippen molar-refractivity contribution in [3.63, 3.8) is 0 Å². The Kier molecular flexibility index (Phi) is 4.74. The lowest BCUT2D eigenvalue weighted by molar-refractivity contribution is 0.259. The first-order valence-electron chi connectivity index (χ1n) is 5.64. The van der Waals surface area contributed by atoms with E-state index in [1.54, 1.807) is 0 Å². The molecule has 0 aromatic carbocycles. The fourth-order valence-corrected chi connectivity index (χ4v) is 2.02. The average Bonchev–Trinajstić information content (AvgIpc) is 2.56. The summed E-state index contributed by atoms with van der Waals surface area (Å²) in [5.41, 5.74) is 0. The van der Waals surface area contributed by atoms with E-state index in [-0.39, 0.29) is 0 Å². The summed E-state index contributed by atoms with van der Waals surface area (Å²) >= 11 is 0. The summed E-state index contributed by atoms with van der Waals surface area (Å²) in [6.45, 7) is 8.30. The first-order valence-corrected chi connectivity index (χ1v) is 5.64. The van der Waals surface area contributed by atoms with Gasteiger partial charge in [0.05, 0.1) is 0 Å². The van der Waals surface area contributed by atoms with Crippen molar-refractivity contribution in [2.45, 2.75) is 39.2 Å². The van der Waals surface area contributed by atoms with Crippen LogP contribution in [0.15, 0.2) is 0 Å². The summed E-state index contributed by atoms with van der Waals surface area (Å²) in [4.78, 5) is 2.47. The largest absolute Gasteiger partial charge is 0.313 e. The third kappa shape index (κ3) is 4.10. The van der Waals surface area contributed by atoms with Crippen molar-refractivity contribution in [1.82, 2.24) is 10.2 Å². The van der Waals surface area contributed by atoms with Gasteiger partial charge in [0.1, 0.15) is 0 Å². The van der Waals surface area contributed by atoms with E-state index in [1.807, 2.05) is 0 Å². The summed E-state index contributed by atoms with van der Waals surface area (Å²) in [6.07, 6.45) is 4.02. The molecule has 1 aliphatic rings. The molecule has 1 aliphatic heterocycles. The molecule has 2 nitrogen and oxygen atoms in total. The van der Waals surface area contributed by atoms with Gasteiger partial charge < -0.3 is 10.2 Å². The van der Waals surface area contributed by atoms with Crippen LogP contribution in [-0.2, 0) is 0 Å². The maximum atomic E-state index is 3.54. The quantitative estimate of drug-likeness (QED) is 0.700. The van der Waals surface area contributed by atoms with E-state index in [0.717, 1.165) is 12.0 Å². The smallest absolute Gasteiger partial charge is 0.0195 e. The molecule has 2 heteroatoms. The van der Waals surface area contributed by atoms with E-state index in [2.05, 4.69) is 31.1 Å². The molecular formula is C11H24N2. The van der Waals surface area contributed by atoms with Crippen molar-refractivity contribution < 1.29 is 0 Å². The molecule has 0 aromatic rings. The molecule has 1 rings (SSSR count). The molecule has 2 atom stereocenters. The predicted molar refractivity (Wildman–Crippen MR) is 58.0 cm³/mol. The van der Waals surface area contributed by atoms with Crippen molar-refractivity contribution in [1.29, 1.82) is 0 Å². The summed E-state index contributed by atoms with van der Waals surface area (Å²) in [5.74, 6) is 0.839. The molecule has 0 aliphatic carbocycles. The van der Waals surface area contributed by atoms with Gasteiger partial charge in [-0.05, 0) is 32.4 Å². The molecule has 1 saturated heterocycles. The van der Waals surface area contributed by atoms with E-state index >= 15 is 0 Å². The molecule has 1 N–H and O–H groups in total. The Morgan fingerprint density at radius 1 is 1.54 bits per heavy atom. The van der Waals surface area contributed by atoms with Crippen LogP contribution < -0.4 is 5.32 Å². The minimum Gasteiger partial charge on any atom is -0.313 e. The third-order valence-electron chi connectivity index (χ3n) is 3.01. The molecule has 1 heterocycles. The van der Waals surface area contributed by atoms with Crippen LogP contribution in [0, 0.1) is 5.92 Å². The van der Waals surface area contributed by atoms with Crippen molar-refractivity contribution in [2.75, 3.05) is 26.7 Å². The summed E-state index contributed by atoms with van der Waals surface area (Å²) < 4.78 is 0. The molecule has 0 amide bonds. The van der Waals surface area contributed by atoms with E-state index in [0.29, 0.717) is 0 Å². The van der Waals surface area contributed by atoms with Gasteiger partial charge in [0.15, 0.2) is 0 Å². The lowest BCUT2D eigenvalue weighted by atomic mass is 10.1. The van der Waals surface area contributed by atoms with Gasteiger partial charge in [-0.3, -0.25) is 0 Å². The van der Waals surface area contributed by atoms with Crippen LogP contribution in [0.3, 0.4) is 0 Å². The van der Waals surface area contributed by atoms with Crippen LogP contribution in [0.5, 0.6) is 0 Å². The molecule has 2 unspecified atom stereocenters. The molecule has 78 valence electrons. The maximum Gasteiger partial charge on any atom is 0.0195 e. The number of hydrogen-bond donors (Lipinski definition) is 1. The second-order valence-electron chi connectivity index (χ2n) is 4.53. The molecule has 1 fully saturated rings. The van der Waals surface area contributed by atoms with Crippen LogP contribution in [0.25, 0.3) is 0 Å². The Bertz CT molecular complexity index is 130. The molecule has 0 radical (unpaired) electrons. The fourth-order valence-electron chi connectivity index (χ4n) is 2.02. The minimum atomic E-state index is 0.758. The molecule has 0 spiro atoms. The van der Waals surface area contributed by atoms with Gasteiger partial charge in [-0.1, -0.05) is 20.3 Å². The number of nitrogens with zero attached hydrogens (tertiary/aromatic N) is 1. The standard InChI is InChI=1S/C11H24N2/c1-4-10(2)8-13(3)9-11-6-5-7-12-11/h10-12H,4-9H2,1-3H3. The monoisotopic (exact) mass is 184 g/mol. The lowest BCUT2D eigenvalue weighted by Gasteiger charge is -2.23. The summed E-state index contributed by atoms with van der Waals surface area (Å²) in [5, 5.41) is 3.54. The van der Waals surface area contributed by atoms with E-state index in [1.165, 1.54) is 38.9 Å². The molecule has 13 heavy (non-hydrogen) atoms. The average molecular weight is 184 g/mol. The van der Waals surface area contributed by atoms with Crippen LogP contribution in [0.4, 0.5) is 0 Å². The van der Waals surface area contributed by atoms with E-state index in [9.17, 15) is 0 Å². The van der Waals surface area contributed by atoms with Crippen molar-refractivity contribution in [3.05, 3.63) is 0 Å². The highest BCUT2D eigenvalue weighted by molar-refractivity contribution is 4.77. The van der Waals surface area contributed by atoms with Crippen molar-refractivity contribution >= 4 is 0 Å². The normalized spacial score (nSPS) is 25.4. The second-order valence-corrected chi connectivity index (χ2v) is 4.53. The first-order chi connectivity index (χ1) is 6.22. The third-order valence-corrected chi connectivity index (χ3v) is 3.01. The molecule has 0 saturated carbocycles. The van der Waals surface area contributed by atoms with Crippen molar-refractivity contribution in [2.24, 2.45) is 5.92 Å². The topological polar surface area (TPSA) is 15.3 Å². The van der Waals surface area contributed by atoms with Gasteiger partial charge in [0, 0.05) is 19.1 Å². The summed E-state index contributed by atoms with van der Waals surface area (Å²) in [6, 6.07) is 0.758. The Morgan fingerprint density at radius 2 is 2.31 bits per heavy atom.